The van der Waals surface area contributed by atoms with E-state index in [1.165, 1.54) is 0 Å². The molecule has 0 aliphatic rings. The third-order valence-electron chi connectivity index (χ3n) is 7.44. The van der Waals surface area contributed by atoms with Gasteiger partial charge in [0.25, 0.3) is 0 Å². The fraction of sp³-hybridized carbons (Fsp3) is 0.432. The number of carbonyl (C=O) groups is 3. The SMILES string of the molecule is CC(C)C(O)C(C)(C)CO.CCC(C)(O)C(C)(C)CO.O=C(O)c1ccccc1.O=C(O)c1ccccc1.O=C(O)c1ccccc1. The smallest absolute Gasteiger partial charge is 0.335 e. The second-order valence-corrected chi connectivity index (χ2v) is 12.5. The second kappa shape index (κ2) is 22.4. The predicted molar refractivity (Wildman–Crippen MR) is 184 cm³/mol. The number of hydrogen-bond acceptors (Lipinski definition) is 7. The lowest BCUT2D eigenvalue weighted by atomic mass is 9.75. The van der Waals surface area contributed by atoms with Crippen LogP contribution in [0.5, 0.6) is 0 Å². The Balaban J connectivity index is 0. The highest BCUT2D eigenvalue weighted by atomic mass is 16.4. The summed E-state index contributed by atoms with van der Waals surface area (Å²) in [5.74, 6) is -2.43. The number of aliphatic hydroxyl groups excluding tert-OH is 3. The van der Waals surface area contributed by atoms with E-state index < -0.39 is 35.0 Å². The van der Waals surface area contributed by atoms with Crippen LogP contribution in [-0.2, 0) is 0 Å². The summed E-state index contributed by atoms with van der Waals surface area (Å²) in [6, 6.07) is 24.9. The van der Waals surface area contributed by atoms with Crippen LogP contribution >= 0.6 is 0 Å². The molecule has 0 fully saturated rings. The molecule has 7 N–H and O–H groups in total. The highest BCUT2D eigenvalue weighted by molar-refractivity contribution is 5.88. The average molecular weight is 659 g/mol. The maximum absolute atomic E-state index is 10.2. The molecule has 0 saturated heterocycles. The summed E-state index contributed by atoms with van der Waals surface area (Å²) in [6.45, 7) is 15.0. The van der Waals surface area contributed by atoms with Gasteiger partial charge in [0.05, 0.1) is 41.6 Å². The Labute approximate surface area is 279 Å². The van der Waals surface area contributed by atoms with Crippen molar-refractivity contribution in [2.24, 2.45) is 16.7 Å². The van der Waals surface area contributed by atoms with Crippen LogP contribution in [0.15, 0.2) is 91.0 Å². The topological polar surface area (TPSA) is 193 Å². The van der Waals surface area contributed by atoms with Gasteiger partial charge >= 0.3 is 17.9 Å². The summed E-state index contributed by atoms with van der Waals surface area (Å²) in [4.78, 5) is 30.6. The van der Waals surface area contributed by atoms with Crippen molar-refractivity contribution in [2.45, 2.75) is 73.5 Å². The van der Waals surface area contributed by atoms with E-state index in [-0.39, 0.29) is 24.5 Å². The van der Waals surface area contributed by atoms with E-state index in [0.717, 1.165) is 0 Å². The highest BCUT2D eigenvalue weighted by Gasteiger charge is 2.36. The molecular formula is C37H54O10. The van der Waals surface area contributed by atoms with Crippen molar-refractivity contribution in [3.63, 3.8) is 0 Å². The number of aliphatic hydroxyl groups is 4. The maximum Gasteiger partial charge on any atom is 0.335 e. The van der Waals surface area contributed by atoms with Crippen molar-refractivity contribution >= 4 is 17.9 Å². The molecule has 0 spiro atoms. The number of benzene rings is 3. The quantitative estimate of drug-likeness (QED) is 0.136. The first-order valence-corrected chi connectivity index (χ1v) is 15.2. The number of carboxylic acids is 3. The van der Waals surface area contributed by atoms with E-state index in [2.05, 4.69) is 0 Å². The minimum atomic E-state index is -0.879. The summed E-state index contributed by atoms with van der Waals surface area (Å²) >= 11 is 0. The zero-order chi connectivity index (χ0) is 36.8. The van der Waals surface area contributed by atoms with Crippen LogP contribution in [0.3, 0.4) is 0 Å². The van der Waals surface area contributed by atoms with Gasteiger partial charge in [0.2, 0.25) is 0 Å². The van der Waals surface area contributed by atoms with Crippen LogP contribution in [0.25, 0.3) is 0 Å². The zero-order valence-corrected chi connectivity index (χ0v) is 28.8. The lowest BCUT2D eigenvalue weighted by Gasteiger charge is -2.37. The normalized spacial score (nSPS) is 12.4. The number of carboxylic acid groups (broad SMARTS) is 3. The molecule has 0 aromatic heterocycles. The third kappa shape index (κ3) is 18.6. The molecule has 0 amide bonds. The molecule has 0 bridgehead atoms. The van der Waals surface area contributed by atoms with E-state index >= 15 is 0 Å². The highest BCUT2D eigenvalue weighted by Crippen LogP contribution is 2.32. The van der Waals surface area contributed by atoms with Crippen LogP contribution in [0, 0.1) is 16.7 Å². The summed E-state index contributed by atoms with van der Waals surface area (Å²) in [7, 11) is 0. The largest absolute Gasteiger partial charge is 0.478 e. The molecule has 0 radical (unpaired) electrons. The molecule has 0 saturated carbocycles. The molecule has 3 aromatic carbocycles. The van der Waals surface area contributed by atoms with Gasteiger partial charge < -0.3 is 35.7 Å². The van der Waals surface area contributed by atoms with Crippen molar-refractivity contribution in [1.82, 2.24) is 0 Å². The van der Waals surface area contributed by atoms with Crippen LogP contribution in [0.4, 0.5) is 0 Å². The van der Waals surface area contributed by atoms with E-state index in [1.54, 1.807) is 97.9 Å². The molecule has 10 nitrogen and oxygen atoms in total. The van der Waals surface area contributed by atoms with Gasteiger partial charge in [0.15, 0.2) is 0 Å². The molecule has 0 aliphatic heterocycles. The van der Waals surface area contributed by atoms with Crippen molar-refractivity contribution in [3.05, 3.63) is 108 Å². The molecule has 262 valence electrons. The molecule has 3 rings (SSSR count). The number of aromatic carboxylic acids is 3. The van der Waals surface area contributed by atoms with E-state index in [1.807, 2.05) is 48.5 Å². The van der Waals surface area contributed by atoms with Crippen molar-refractivity contribution in [1.29, 1.82) is 0 Å². The lowest BCUT2D eigenvalue weighted by molar-refractivity contribution is -0.0788. The van der Waals surface area contributed by atoms with Gasteiger partial charge in [-0.1, -0.05) is 103 Å². The van der Waals surface area contributed by atoms with Gasteiger partial charge in [-0.2, -0.15) is 0 Å². The summed E-state index contributed by atoms with van der Waals surface area (Å²) in [5, 5.41) is 62.1. The Kier molecular flexibility index (Phi) is 21.5. The Bertz CT molecular complexity index is 1140. The average Bonchev–Trinajstić information content (AvgIpc) is 3.06. The van der Waals surface area contributed by atoms with Crippen LogP contribution < -0.4 is 0 Å². The monoisotopic (exact) mass is 658 g/mol. The fourth-order valence-corrected chi connectivity index (χ4v) is 3.39. The van der Waals surface area contributed by atoms with Crippen LogP contribution in [-0.4, -0.2) is 78.6 Å². The van der Waals surface area contributed by atoms with Gasteiger partial charge in [-0.05, 0) is 55.7 Å². The standard InChI is InChI=1S/2C8H18O2.3C7H6O2/c1-6(2)7(10)8(3,4)5-9;1-5-8(4,10)7(2,3)6-9;3*8-7(9)6-4-2-1-3-5-6/h6-7,9-10H,5H2,1-4H3;9-10H,5-6H2,1-4H3;3*1-5H,(H,8,9). The lowest BCUT2D eigenvalue weighted by Crippen LogP contribution is -2.43. The number of hydrogen-bond donors (Lipinski definition) is 7. The molecule has 0 heterocycles. The molecular weight excluding hydrogens is 604 g/mol. The van der Waals surface area contributed by atoms with E-state index in [4.69, 9.17) is 25.5 Å². The maximum atomic E-state index is 10.2. The van der Waals surface area contributed by atoms with Gasteiger partial charge in [0.1, 0.15) is 0 Å². The third-order valence-corrected chi connectivity index (χ3v) is 7.44. The Hall–Kier alpha value is -4.09. The molecule has 2 atom stereocenters. The first-order chi connectivity index (χ1) is 21.7. The van der Waals surface area contributed by atoms with Gasteiger partial charge in [-0.3, -0.25) is 0 Å². The Morgan fingerprint density at radius 1 is 0.596 bits per heavy atom. The summed E-state index contributed by atoms with van der Waals surface area (Å²) in [5.41, 5.74) is -0.537. The Morgan fingerprint density at radius 3 is 0.979 bits per heavy atom. The molecule has 2 unspecified atom stereocenters. The van der Waals surface area contributed by atoms with Gasteiger partial charge in [-0.25, -0.2) is 14.4 Å². The minimum Gasteiger partial charge on any atom is -0.478 e. The fourth-order valence-electron chi connectivity index (χ4n) is 3.39. The molecule has 10 heteroatoms. The van der Waals surface area contributed by atoms with E-state index in [9.17, 15) is 24.6 Å². The molecule has 47 heavy (non-hydrogen) atoms. The first-order valence-electron chi connectivity index (χ1n) is 15.2. The van der Waals surface area contributed by atoms with Crippen molar-refractivity contribution < 1.29 is 50.1 Å². The van der Waals surface area contributed by atoms with Gasteiger partial charge in [0, 0.05) is 10.8 Å². The second-order valence-electron chi connectivity index (χ2n) is 12.5. The van der Waals surface area contributed by atoms with E-state index in [0.29, 0.717) is 23.1 Å². The minimum absolute atomic E-state index is 0.0217. The number of rotatable bonds is 9. The Morgan fingerprint density at radius 2 is 0.872 bits per heavy atom. The summed E-state index contributed by atoms with van der Waals surface area (Å²) in [6.07, 6.45) is 0.248. The summed E-state index contributed by atoms with van der Waals surface area (Å²) < 4.78 is 0. The predicted octanol–water partition coefficient (Wildman–Crippen LogP) is 6.34. The molecule has 0 aliphatic carbocycles. The van der Waals surface area contributed by atoms with Crippen molar-refractivity contribution in [3.8, 4) is 0 Å². The molecule has 3 aromatic rings. The van der Waals surface area contributed by atoms with Crippen LogP contribution in [0.1, 0.15) is 92.9 Å². The van der Waals surface area contributed by atoms with Gasteiger partial charge in [-0.15, -0.1) is 0 Å². The van der Waals surface area contributed by atoms with Crippen LogP contribution in [0.2, 0.25) is 0 Å². The zero-order valence-electron chi connectivity index (χ0n) is 28.8. The first kappa shape index (κ1) is 45.0. The van der Waals surface area contributed by atoms with Crippen molar-refractivity contribution in [2.75, 3.05) is 13.2 Å².